The Bertz CT molecular complexity index is 748. The molecule has 0 saturated heterocycles. The van der Waals surface area contributed by atoms with E-state index in [1.807, 2.05) is 6.92 Å². The van der Waals surface area contributed by atoms with Gasteiger partial charge in [-0.1, -0.05) is 25.1 Å². The van der Waals surface area contributed by atoms with Crippen LogP contribution in [0.4, 0.5) is 5.69 Å². The summed E-state index contributed by atoms with van der Waals surface area (Å²) < 4.78 is 0. The van der Waals surface area contributed by atoms with Crippen molar-refractivity contribution in [2.24, 2.45) is 0 Å². The first-order valence-electron chi connectivity index (χ1n) is 6.75. The first-order valence-corrected chi connectivity index (χ1v) is 6.75. The Hall–Kier alpha value is -2.40. The lowest BCUT2D eigenvalue weighted by Gasteiger charge is -2.13. The molecule has 1 aromatic carbocycles. The molecule has 5 nitrogen and oxygen atoms in total. The minimum absolute atomic E-state index is 0.0585. The fourth-order valence-electron chi connectivity index (χ4n) is 2.43. The quantitative estimate of drug-likeness (QED) is 0.743. The standard InChI is InChI=1S/C16H18N2O3/c1-3-12-9(2)18-16(21)14(17)13(12)15(20)11-6-4-5-10(7-11)8-19/h4-7,19H,3,8,17H2,1-2H3,(H,18,21). The van der Waals surface area contributed by atoms with Gasteiger partial charge >= 0.3 is 0 Å². The molecule has 0 saturated carbocycles. The maximum atomic E-state index is 12.7. The third kappa shape index (κ3) is 2.73. The van der Waals surface area contributed by atoms with Crippen LogP contribution in [0, 0.1) is 6.92 Å². The van der Waals surface area contributed by atoms with E-state index in [9.17, 15) is 9.59 Å². The van der Waals surface area contributed by atoms with E-state index < -0.39 is 5.56 Å². The van der Waals surface area contributed by atoms with Crippen molar-refractivity contribution in [2.75, 3.05) is 5.73 Å². The van der Waals surface area contributed by atoms with Gasteiger partial charge in [0.2, 0.25) is 0 Å². The Balaban J connectivity index is 2.65. The van der Waals surface area contributed by atoms with Crippen molar-refractivity contribution in [3.8, 4) is 0 Å². The molecular weight excluding hydrogens is 268 g/mol. The number of aryl methyl sites for hydroxylation is 1. The molecule has 0 bridgehead atoms. The number of aliphatic hydroxyl groups excluding tert-OH is 1. The van der Waals surface area contributed by atoms with Crippen LogP contribution in [0.3, 0.4) is 0 Å². The molecule has 0 radical (unpaired) electrons. The molecule has 2 aromatic rings. The number of benzene rings is 1. The van der Waals surface area contributed by atoms with Crippen LogP contribution in [0.1, 0.15) is 39.7 Å². The van der Waals surface area contributed by atoms with Crippen LogP contribution in [0.2, 0.25) is 0 Å². The summed E-state index contributed by atoms with van der Waals surface area (Å²) in [5, 5.41) is 9.17. The first kappa shape index (κ1) is 15.0. The van der Waals surface area contributed by atoms with Gasteiger partial charge in [0.1, 0.15) is 5.69 Å². The monoisotopic (exact) mass is 286 g/mol. The summed E-state index contributed by atoms with van der Waals surface area (Å²) in [4.78, 5) is 27.2. The van der Waals surface area contributed by atoms with E-state index in [4.69, 9.17) is 10.8 Å². The largest absolute Gasteiger partial charge is 0.394 e. The second-order valence-corrected chi connectivity index (χ2v) is 4.89. The van der Waals surface area contributed by atoms with Crippen LogP contribution in [0.25, 0.3) is 0 Å². The molecule has 0 fully saturated rings. The Kier molecular flexibility index (Phi) is 4.23. The van der Waals surface area contributed by atoms with Gasteiger partial charge in [-0.05, 0) is 30.5 Å². The lowest BCUT2D eigenvalue weighted by atomic mass is 9.94. The van der Waals surface area contributed by atoms with Gasteiger partial charge in [-0.25, -0.2) is 0 Å². The number of aromatic amines is 1. The summed E-state index contributed by atoms with van der Waals surface area (Å²) >= 11 is 0. The van der Waals surface area contributed by atoms with Crippen LogP contribution in [-0.2, 0) is 13.0 Å². The number of anilines is 1. The zero-order valence-electron chi connectivity index (χ0n) is 12.1. The zero-order valence-corrected chi connectivity index (χ0v) is 12.1. The highest BCUT2D eigenvalue weighted by molar-refractivity contribution is 6.13. The van der Waals surface area contributed by atoms with Gasteiger partial charge in [0.25, 0.3) is 5.56 Å². The Morgan fingerprint density at radius 3 is 2.71 bits per heavy atom. The zero-order chi connectivity index (χ0) is 15.6. The number of nitrogens with one attached hydrogen (secondary N) is 1. The van der Waals surface area contributed by atoms with Crippen molar-refractivity contribution in [2.45, 2.75) is 26.9 Å². The number of carbonyl (C=O) groups is 1. The first-order chi connectivity index (χ1) is 9.99. The number of carbonyl (C=O) groups excluding carboxylic acids is 1. The number of pyridine rings is 1. The minimum atomic E-state index is -0.452. The van der Waals surface area contributed by atoms with Gasteiger partial charge in [-0.15, -0.1) is 0 Å². The highest BCUT2D eigenvalue weighted by Gasteiger charge is 2.20. The van der Waals surface area contributed by atoms with Crippen molar-refractivity contribution in [1.82, 2.24) is 4.98 Å². The maximum Gasteiger partial charge on any atom is 0.272 e. The number of nitrogens with two attached hydrogens (primary N) is 1. The number of ketones is 1. The fourth-order valence-corrected chi connectivity index (χ4v) is 2.43. The van der Waals surface area contributed by atoms with E-state index in [-0.39, 0.29) is 23.6 Å². The molecule has 21 heavy (non-hydrogen) atoms. The summed E-state index contributed by atoms with van der Waals surface area (Å²) in [6.07, 6.45) is 0.591. The summed E-state index contributed by atoms with van der Waals surface area (Å²) in [5.41, 5.74) is 8.01. The summed E-state index contributed by atoms with van der Waals surface area (Å²) in [7, 11) is 0. The molecule has 110 valence electrons. The summed E-state index contributed by atoms with van der Waals surface area (Å²) in [6.45, 7) is 3.51. The topological polar surface area (TPSA) is 96.2 Å². The maximum absolute atomic E-state index is 12.7. The number of aliphatic hydroxyl groups is 1. The van der Waals surface area contributed by atoms with E-state index in [1.54, 1.807) is 31.2 Å². The second kappa shape index (κ2) is 5.93. The van der Waals surface area contributed by atoms with E-state index in [2.05, 4.69) is 4.98 Å². The van der Waals surface area contributed by atoms with E-state index >= 15 is 0 Å². The molecule has 0 aliphatic carbocycles. The van der Waals surface area contributed by atoms with Gasteiger partial charge in [-0.3, -0.25) is 9.59 Å². The highest BCUT2D eigenvalue weighted by atomic mass is 16.3. The van der Waals surface area contributed by atoms with E-state index in [0.717, 1.165) is 5.56 Å². The molecule has 0 aliphatic heterocycles. The SMILES string of the molecule is CCc1c(C)[nH]c(=O)c(N)c1C(=O)c1cccc(CO)c1. The van der Waals surface area contributed by atoms with Gasteiger partial charge in [0.05, 0.1) is 12.2 Å². The minimum Gasteiger partial charge on any atom is -0.394 e. The predicted molar refractivity (Wildman–Crippen MR) is 81.4 cm³/mol. The molecule has 0 atom stereocenters. The van der Waals surface area contributed by atoms with Gasteiger partial charge < -0.3 is 15.8 Å². The fraction of sp³-hybridized carbons (Fsp3) is 0.250. The van der Waals surface area contributed by atoms with Gasteiger partial charge in [-0.2, -0.15) is 0 Å². The molecule has 0 amide bonds. The molecule has 2 rings (SSSR count). The van der Waals surface area contributed by atoms with Crippen molar-refractivity contribution in [3.63, 3.8) is 0 Å². The van der Waals surface area contributed by atoms with Crippen molar-refractivity contribution >= 4 is 11.5 Å². The number of H-pyrrole nitrogens is 1. The molecule has 1 aromatic heterocycles. The predicted octanol–water partition coefficient (Wildman–Crippen LogP) is 1.55. The van der Waals surface area contributed by atoms with E-state index in [1.165, 1.54) is 0 Å². The Morgan fingerprint density at radius 1 is 1.38 bits per heavy atom. The molecule has 0 spiro atoms. The third-order valence-electron chi connectivity index (χ3n) is 3.52. The Morgan fingerprint density at radius 2 is 2.10 bits per heavy atom. The molecule has 0 aliphatic rings. The summed E-state index contributed by atoms with van der Waals surface area (Å²) in [6, 6.07) is 6.68. The number of aromatic nitrogens is 1. The molecule has 4 N–H and O–H groups in total. The number of nitrogen functional groups attached to an aromatic ring is 1. The number of hydrogen-bond donors (Lipinski definition) is 3. The smallest absolute Gasteiger partial charge is 0.272 e. The van der Waals surface area contributed by atoms with Crippen molar-refractivity contribution in [3.05, 3.63) is 62.6 Å². The third-order valence-corrected chi connectivity index (χ3v) is 3.52. The average molecular weight is 286 g/mol. The normalized spacial score (nSPS) is 10.6. The van der Waals surface area contributed by atoms with Crippen LogP contribution in [0.5, 0.6) is 0 Å². The van der Waals surface area contributed by atoms with Crippen LogP contribution >= 0.6 is 0 Å². The highest BCUT2D eigenvalue weighted by Crippen LogP contribution is 2.21. The molecular formula is C16H18N2O3. The van der Waals surface area contributed by atoms with Crippen LogP contribution < -0.4 is 11.3 Å². The Labute approximate surface area is 122 Å². The van der Waals surface area contributed by atoms with Gasteiger partial charge in [0, 0.05) is 11.3 Å². The summed E-state index contributed by atoms with van der Waals surface area (Å²) in [5.74, 6) is -0.297. The van der Waals surface area contributed by atoms with Crippen molar-refractivity contribution in [1.29, 1.82) is 0 Å². The van der Waals surface area contributed by atoms with Gasteiger partial charge in [0.15, 0.2) is 5.78 Å². The molecule has 0 unspecified atom stereocenters. The second-order valence-electron chi connectivity index (χ2n) is 4.89. The van der Waals surface area contributed by atoms with Crippen LogP contribution in [-0.4, -0.2) is 15.9 Å². The lowest BCUT2D eigenvalue weighted by Crippen LogP contribution is -2.22. The lowest BCUT2D eigenvalue weighted by molar-refractivity contribution is 0.103. The molecule has 5 heteroatoms. The number of rotatable bonds is 4. The van der Waals surface area contributed by atoms with E-state index in [0.29, 0.717) is 23.2 Å². The number of hydrogen-bond acceptors (Lipinski definition) is 4. The molecule has 1 heterocycles. The van der Waals surface area contributed by atoms with Crippen molar-refractivity contribution < 1.29 is 9.90 Å². The average Bonchev–Trinajstić information content (AvgIpc) is 2.50. The van der Waals surface area contributed by atoms with Crippen LogP contribution in [0.15, 0.2) is 29.1 Å².